The minimum absolute atomic E-state index is 0.212. The van der Waals surface area contributed by atoms with Crippen molar-refractivity contribution in [1.82, 2.24) is 0 Å². The number of halogens is 1. The molecule has 128 valence electrons. The summed E-state index contributed by atoms with van der Waals surface area (Å²) in [7, 11) is 0. The van der Waals surface area contributed by atoms with Gasteiger partial charge in [0.25, 0.3) is 0 Å². The van der Waals surface area contributed by atoms with Crippen LogP contribution in [0.1, 0.15) is 75.7 Å². The highest BCUT2D eigenvalue weighted by Crippen LogP contribution is 2.40. The fourth-order valence-corrected chi connectivity index (χ4v) is 5.21. The third-order valence-electron chi connectivity index (χ3n) is 6.13. The van der Waals surface area contributed by atoms with E-state index in [1.54, 1.807) is 6.07 Å². The van der Waals surface area contributed by atoms with Gasteiger partial charge in [-0.1, -0.05) is 41.5 Å². The number of alkyl halides is 1. The average Bonchev–Trinajstić information content (AvgIpc) is 2.57. The summed E-state index contributed by atoms with van der Waals surface area (Å²) < 4.78 is 0.942. The molecule has 23 heavy (non-hydrogen) atoms. The number of anilines is 1. The van der Waals surface area contributed by atoms with Crippen LogP contribution in [0.25, 0.3) is 0 Å². The molecule has 0 amide bonds. The lowest BCUT2D eigenvalue weighted by Gasteiger charge is -2.31. The number of phenolic OH excluding ortho intramolecular Hbond substituents is 1. The normalized spacial score (nSPS) is 31.9. The van der Waals surface area contributed by atoms with Crippen LogP contribution in [0.4, 0.5) is 5.69 Å². The van der Waals surface area contributed by atoms with Crippen molar-refractivity contribution < 1.29 is 5.11 Å². The lowest BCUT2D eigenvalue weighted by Crippen LogP contribution is -2.17. The van der Waals surface area contributed by atoms with Crippen LogP contribution >= 0.6 is 22.6 Å². The van der Waals surface area contributed by atoms with E-state index in [2.05, 4.69) is 28.7 Å². The van der Waals surface area contributed by atoms with Crippen molar-refractivity contribution in [1.29, 1.82) is 0 Å². The van der Waals surface area contributed by atoms with Crippen LogP contribution in [0.5, 0.6) is 5.75 Å². The molecule has 1 aromatic carbocycles. The molecule has 0 aromatic heterocycles. The number of rotatable bonds is 4. The van der Waals surface area contributed by atoms with Gasteiger partial charge in [0.15, 0.2) is 0 Å². The van der Waals surface area contributed by atoms with Crippen LogP contribution in [0.15, 0.2) is 18.2 Å². The highest BCUT2D eigenvalue weighted by Gasteiger charge is 2.25. The van der Waals surface area contributed by atoms with Gasteiger partial charge >= 0.3 is 0 Å². The Labute approximate surface area is 154 Å². The van der Waals surface area contributed by atoms with E-state index in [1.165, 1.54) is 69.8 Å². The molecular weight excluding hydrogens is 397 g/mol. The molecule has 2 fully saturated rings. The van der Waals surface area contributed by atoms with E-state index in [0.29, 0.717) is 11.6 Å². The van der Waals surface area contributed by atoms with Crippen molar-refractivity contribution in [3.05, 3.63) is 23.8 Å². The molecule has 2 nitrogen and oxygen atoms in total. The molecule has 0 spiro atoms. The summed E-state index contributed by atoms with van der Waals surface area (Å²) in [5.74, 6) is 2.81. The zero-order chi connectivity index (χ0) is 16.2. The molecule has 2 saturated carbocycles. The molecule has 3 heteroatoms. The van der Waals surface area contributed by atoms with Gasteiger partial charge in [0.05, 0.1) is 5.69 Å². The summed E-state index contributed by atoms with van der Waals surface area (Å²) in [5, 5.41) is 9.57. The number of benzene rings is 1. The van der Waals surface area contributed by atoms with Gasteiger partial charge in [0.2, 0.25) is 0 Å². The molecule has 2 aliphatic carbocycles. The third-order valence-corrected chi connectivity index (χ3v) is 7.37. The SMILES string of the molecule is Nc1cc(C2CCC(CCC3CCC(I)CC3)CC2)ccc1O. The van der Waals surface area contributed by atoms with Gasteiger partial charge < -0.3 is 10.8 Å². The molecule has 3 rings (SSSR count). The molecule has 0 unspecified atom stereocenters. The van der Waals surface area contributed by atoms with Crippen LogP contribution in [-0.4, -0.2) is 9.03 Å². The minimum Gasteiger partial charge on any atom is -0.506 e. The van der Waals surface area contributed by atoms with E-state index < -0.39 is 0 Å². The zero-order valence-corrected chi connectivity index (χ0v) is 16.2. The topological polar surface area (TPSA) is 46.2 Å². The van der Waals surface area contributed by atoms with Crippen molar-refractivity contribution in [2.75, 3.05) is 5.73 Å². The van der Waals surface area contributed by atoms with Gasteiger partial charge in [-0.2, -0.15) is 0 Å². The molecule has 0 radical (unpaired) electrons. The zero-order valence-electron chi connectivity index (χ0n) is 14.0. The number of phenols is 1. The predicted octanol–water partition coefficient (Wildman–Crippen LogP) is 6.02. The van der Waals surface area contributed by atoms with E-state index in [9.17, 15) is 5.11 Å². The Morgan fingerprint density at radius 3 is 2.04 bits per heavy atom. The monoisotopic (exact) mass is 427 g/mol. The third kappa shape index (κ3) is 4.77. The van der Waals surface area contributed by atoms with Crippen LogP contribution in [0, 0.1) is 11.8 Å². The van der Waals surface area contributed by atoms with E-state index >= 15 is 0 Å². The van der Waals surface area contributed by atoms with Gasteiger partial charge in [-0.25, -0.2) is 0 Å². The maximum Gasteiger partial charge on any atom is 0.138 e. The highest BCUT2D eigenvalue weighted by molar-refractivity contribution is 14.1. The van der Waals surface area contributed by atoms with Crippen LogP contribution in [-0.2, 0) is 0 Å². The second-order valence-corrected chi connectivity index (χ2v) is 9.49. The number of aromatic hydroxyl groups is 1. The first kappa shape index (κ1) is 17.4. The van der Waals surface area contributed by atoms with Crippen molar-refractivity contribution in [3.8, 4) is 5.75 Å². The van der Waals surface area contributed by atoms with Gasteiger partial charge in [0.1, 0.15) is 5.75 Å². The molecular formula is C20H30INO. The molecule has 0 aliphatic heterocycles. The van der Waals surface area contributed by atoms with Crippen molar-refractivity contribution in [3.63, 3.8) is 0 Å². The fourth-order valence-electron chi connectivity index (χ4n) is 4.49. The van der Waals surface area contributed by atoms with Crippen LogP contribution in [0.3, 0.4) is 0 Å². The first-order valence-corrected chi connectivity index (χ1v) is 10.6. The maximum absolute atomic E-state index is 9.57. The molecule has 0 heterocycles. The van der Waals surface area contributed by atoms with Gasteiger partial charge in [-0.15, -0.1) is 0 Å². The Kier molecular flexibility index (Phi) is 6.11. The second-order valence-electron chi connectivity index (χ2n) is 7.73. The maximum atomic E-state index is 9.57. The summed E-state index contributed by atoms with van der Waals surface area (Å²) in [6.07, 6.45) is 14.0. The Morgan fingerprint density at radius 1 is 0.913 bits per heavy atom. The highest BCUT2D eigenvalue weighted by atomic mass is 127. The Hall–Kier alpha value is -0.450. The Balaban J connectivity index is 1.42. The first-order valence-electron chi connectivity index (χ1n) is 9.34. The van der Waals surface area contributed by atoms with Crippen LogP contribution < -0.4 is 5.73 Å². The lowest BCUT2D eigenvalue weighted by atomic mass is 9.75. The van der Waals surface area contributed by atoms with E-state index in [0.717, 1.165) is 15.8 Å². The summed E-state index contributed by atoms with van der Waals surface area (Å²) in [6, 6.07) is 5.78. The molecule has 0 atom stereocenters. The minimum atomic E-state index is 0.212. The molecule has 0 saturated heterocycles. The lowest BCUT2D eigenvalue weighted by molar-refractivity contribution is 0.264. The van der Waals surface area contributed by atoms with Crippen molar-refractivity contribution in [2.45, 2.75) is 74.1 Å². The summed E-state index contributed by atoms with van der Waals surface area (Å²) in [6.45, 7) is 0. The van der Waals surface area contributed by atoms with Crippen LogP contribution in [0.2, 0.25) is 0 Å². The van der Waals surface area contributed by atoms with E-state index in [4.69, 9.17) is 5.73 Å². The number of nitrogen functional groups attached to an aromatic ring is 1. The van der Waals surface area contributed by atoms with E-state index in [-0.39, 0.29) is 5.75 Å². The predicted molar refractivity (Wildman–Crippen MR) is 106 cm³/mol. The molecule has 0 bridgehead atoms. The number of nitrogens with two attached hydrogens (primary N) is 1. The number of hydrogen-bond acceptors (Lipinski definition) is 2. The summed E-state index contributed by atoms with van der Waals surface area (Å²) in [4.78, 5) is 0. The smallest absolute Gasteiger partial charge is 0.138 e. The molecule has 3 N–H and O–H groups in total. The molecule has 1 aromatic rings. The van der Waals surface area contributed by atoms with Crippen molar-refractivity contribution in [2.24, 2.45) is 11.8 Å². The Morgan fingerprint density at radius 2 is 1.48 bits per heavy atom. The largest absolute Gasteiger partial charge is 0.506 e. The Bertz CT molecular complexity index is 502. The standard InChI is InChI=1S/C20H30INO/c21-18-10-5-15(6-11-18)2-1-14-3-7-16(8-4-14)17-9-12-20(23)19(22)13-17/h9,12-16,18,23H,1-8,10-11,22H2. The summed E-state index contributed by atoms with van der Waals surface area (Å²) in [5.41, 5.74) is 7.69. The quantitative estimate of drug-likeness (QED) is 0.267. The first-order chi connectivity index (χ1) is 11.1. The van der Waals surface area contributed by atoms with Crippen molar-refractivity contribution >= 4 is 28.3 Å². The van der Waals surface area contributed by atoms with Gasteiger partial charge in [-0.05, 0) is 86.8 Å². The fraction of sp³-hybridized carbons (Fsp3) is 0.700. The van der Waals surface area contributed by atoms with E-state index in [1.807, 2.05) is 6.07 Å². The second kappa shape index (κ2) is 8.09. The van der Waals surface area contributed by atoms with Gasteiger partial charge in [0, 0.05) is 3.92 Å². The van der Waals surface area contributed by atoms with Gasteiger partial charge in [-0.3, -0.25) is 0 Å². The average molecular weight is 427 g/mol. The summed E-state index contributed by atoms with van der Waals surface area (Å²) >= 11 is 2.63. The molecule has 2 aliphatic rings. The number of hydrogen-bond donors (Lipinski definition) is 2.